The molecule has 0 spiro atoms. The van der Waals surface area contributed by atoms with Gasteiger partial charge in [-0.15, -0.1) is 0 Å². The van der Waals surface area contributed by atoms with E-state index in [0.717, 1.165) is 18.4 Å². The predicted molar refractivity (Wildman–Crippen MR) is 75.6 cm³/mol. The fourth-order valence-electron chi connectivity index (χ4n) is 2.39. The Morgan fingerprint density at radius 3 is 2.53 bits per heavy atom. The normalized spacial score (nSPS) is 15.3. The van der Waals surface area contributed by atoms with Gasteiger partial charge in [-0.2, -0.15) is 0 Å². The zero-order chi connectivity index (χ0) is 13.8. The molecule has 0 bridgehead atoms. The van der Waals surface area contributed by atoms with E-state index in [9.17, 15) is 9.59 Å². The summed E-state index contributed by atoms with van der Waals surface area (Å²) in [5, 5.41) is 5.80. The minimum Gasteiger partial charge on any atom is -0.335 e. The number of anilines is 1. The van der Waals surface area contributed by atoms with Gasteiger partial charge >= 0.3 is 6.03 Å². The third-order valence-electron chi connectivity index (χ3n) is 3.58. The summed E-state index contributed by atoms with van der Waals surface area (Å²) in [6, 6.07) is 5.46. The van der Waals surface area contributed by atoms with Crippen molar-refractivity contribution in [1.29, 1.82) is 0 Å². The number of aryl methyl sites for hydroxylation is 1. The fourth-order valence-corrected chi connectivity index (χ4v) is 2.39. The van der Waals surface area contributed by atoms with Crippen molar-refractivity contribution in [2.45, 2.75) is 45.6 Å². The van der Waals surface area contributed by atoms with Gasteiger partial charge in [0.05, 0.1) is 0 Å². The maximum absolute atomic E-state index is 11.9. The van der Waals surface area contributed by atoms with Gasteiger partial charge in [-0.05, 0) is 38.3 Å². The summed E-state index contributed by atoms with van der Waals surface area (Å²) in [4.78, 5) is 23.2. The number of nitrogens with one attached hydrogen (secondary N) is 2. The third-order valence-corrected chi connectivity index (χ3v) is 3.58. The predicted octanol–water partition coefficient (Wildman–Crippen LogP) is 3.26. The van der Waals surface area contributed by atoms with Crippen LogP contribution in [0, 0.1) is 6.92 Å². The van der Waals surface area contributed by atoms with E-state index in [4.69, 9.17) is 0 Å². The van der Waals surface area contributed by atoms with E-state index in [2.05, 4.69) is 10.6 Å². The summed E-state index contributed by atoms with van der Waals surface area (Å²) < 4.78 is 0. The third kappa shape index (κ3) is 3.56. The van der Waals surface area contributed by atoms with Crippen molar-refractivity contribution >= 4 is 17.5 Å². The lowest BCUT2D eigenvalue weighted by atomic mass is 10.1. The van der Waals surface area contributed by atoms with Crippen molar-refractivity contribution in [1.82, 2.24) is 5.32 Å². The lowest BCUT2D eigenvalue weighted by Crippen LogP contribution is -2.36. The molecule has 0 radical (unpaired) electrons. The molecule has 1 saturated carbocycles. The monoisotopic (exact) mass is 260 g/mol. The first-order valence-electron chi connectivity index (χ1n) is 6.75. The highest BCUT2D eigenvalue weighted by Gasteiger charge is 2.17. The highest BCUT2D eigenvalue weighted by molar-refractivity contribution is 5.97. The van der Waals surface area contributed by atoms with E-state index >= 15 is 0 Å². The molecule has 2 N–H and O–H groups in total. The fraction of sp³-hybridized carbons (Fsp3) is 0.467. The highest BCUT2D eigenvalue weighted by Crippen LogP contribution is 2.19. The largest absolute Gasteiger partial charge is 0.335 e. The minimum atomic E-state index is -0.185. The molecule has 0 atom stereocenters. The lowest BCUT2D eigenvalue weighted by molar-refractivity contribution is 0.101. The summed E-state index contributed by atoms with van der Waals surface area (Å²) in [5.74, 6) is -0.000693. The molecule has 4 nitrogen and oxygen atoms in total. The lowest BCUT2D eigenvalue weighted by Gasteiger charge is -2.14. The maximum Gasteiger partial charge on any atom is 0.319 e. The molecule has 102 valence electrons. The van der Waals surface area contributed by atoms with Crippen LogP contribution in [0.15, 0.2) is 18.2 Å². The molecule has 19 heavy (non-hydrogen) atoms. The van der Waals surface area contributed by atoms with Gasteiger partial charge in [0.15, 0.2) is 5.78 Å². The average molecular weight is 260 g/mol. The van der Waals surface area contributed by atoms with E-state index in [-0.39, 0.29) is 17.9 Å². The number of carbonyl (C=O) groups excluding carboxylic acids is 2. The zero-order valence-corrected chi connectivity index (χ0v) is 11.5. The van der Waals surface area contributed by atoms with Crippen molar-refractivity contribution in [2.75, 3.05) is 5.32 Å². The van der Waals surface area contributed by atoms with Crippen molar-refractivity contribution < 1.29 is 9.59 Å². The first-order valence-corrected chi connectivity index (χ1v) is 6.75. The topological polar surface area (TPSA) is 58.2 Å². The van der Waals surface area contributed by atoms with Crippen LogP contribution in [0.4, 0.5) is 10.5 Å². The van der Waals surface area contributed by atoms with Gasteiger partial charge in [0, 0.05) is 17.3 Å². The second kappa shape index (κ2) is 5.87. The Labute approximate surface area is 113 Å². The molecule has 2 rings (SSSR count). The molecule has 0 heterocycles. The number of Topliss-reactive ketones (excluding diaryl/α,β-unsaturated/α-hetero) is 1. The summed E-state index contributed by atoms with van der Waals surface area (Å²) in [7, 11) is 0. The Morgan fingerprint density at radius 1 is 1.21 bits per heavy atom. The molecule has 2 amide bonds. The van der Waals surface area contributed by atoms with Crippen LogP contribution in [0.25, 0.3) is 0 Å². The van der Waals surface area contributed by atoms with Crippen LogP contribution >= 0.6 is 0 Å². The van der Waals surface area contributed by atoms with Gasteiger partial charge in [-0.3, -0.25) is 4.79 Å². The molecule has 0 unspecified atom stereocenters. The van der Waals surface area contributed by atoms with Crippen LogP contribution < -0.4 is 10.6 Å². The molecule has 0 aliphatic heterocycles. The first kappa shape index (κ1) is 13.6. The van der Waals surface area contributed by atoms with Crippen LogP contribution in [0.1, 0.15) is 48.5 Å². The number of hydrogen-bond donors (Lipinski definition) is 2. The minimum absolute atomic E-state index is 0.000693. The van der Waals surface area contributed by atoms with E-state index in [0.29, 0.717) is 11.3 Å². The second-order valence-corrected chi connectivity index (χ2v) is 5.17. The number of benzene rings is 1. The summed E-state index contributed by atoms with van der Waals surface area (Å²) in [6.45, 7) is 3.43. The van der Waals surface area contributed by atoms with Crippen molar-refractivity contribution in [3.8, 4) is 0 Å². The Balaban J connectivity index is 2.02. The number of ketones is 1. The van der Waals surface area contributed by atoms with Gasteiger partial charge in [0.2, 0.25) is 0 Å². The quantitative estimate of drug-likeness (QED) is 0.819. The van der Waals surface area contributed by atoms with Crippen LogP contribution in [0.2, 0.25) is 0 Å². The SMILES string of the molecule is CC(=O)c1ccc(C)c(NC(=O)NC2CCCC2)c1. The van der Waals surface area contributed by atoms with Gasteiger partial charge in [0.1, 0.15) is 0 Å². The van der Waals surface area contributed by atoms with E-state index in [1.807, 2.05) is 13.0 Å². The number of carbonyl (C=O) groups is 2. The molecule has 0 aromatic heterocycles. The van der Waals surface area contributed by atoms with Crippen LogP contribution in [0.3, 0.4) is 0 Å². The van der Waals surface area contributed by atoms with Crippen LogP contribution in [-0.2, 0) is 0 Å². The highest BCUT2D eigenvalue weighted by atomic mass is 16.2. The van der Waals surface area contributed by atoms with Crippen LogP contribution in [0.5, 0.6) is 0 Å². The summed E-state index contributed by atoms with van der Waals surface area (Å²) in [6.07, 6.45) is 4.48. The van der Waals surface area contributed by atoms with Gasteiger partial charge in [-0.1, -0.05) is 25.0 Å². The van der Waals surface area contributed by atoms with Gasteiger partial charge in [-0.25, -0.2) is 4.79 Å². The summed E-state index contributed by atoms with van der Waals surface area (Å²) >= 11 is 0. The van der Waals surface area contributed by atoms with Crippen molar-refractivity contribution in [3.63, 3.8) is 0 Å². The molecule has 0 saturated heterocycles. The maximum atomic E-state index is 11.9. The Bertz CT molecular complexity index is 491. The van der Waals surface area contributed by atoms with Crippen molar-refractivity contribution in [3.05, 3.63) is 29.3 Å². The Hall–Kier alpha value is -1.84. The van der Waals surface area contributed by atoms with E-state index < -0.39 is 0 Å². The molecular weight excluding hydrogens is 240 g/mol. The Morgan fingerprint density at radius 2 is 1.89 bits per heavy atom. The number of amides is 2. The summed E-state index contributed by atoms with van der Waals surface area (Å²) in [5.41, 5.74) is 2.26. The average Bonchev–Trinajstić information content (AvgIpc) is 2.84. The van der Waals surface area contributed by atoms with Crippen LogP contribution in [-0.4, -0.2) is 17.9 Å². The zero-order valence-electron chi connectivity index (χ0n) is 11.5. The van der Waals surface area contributed by atoms with Gasteiger partial charge < -0.3 is 10.6 Å². The smallest absolute Gasteiger partial charge is 0.319 e. The molecule has 1 aromatic rings. The second-order valence-electron chi connectivity index (χ2n) is 5.17. The number of hydrogen-bond acceptors (Lipinski definition) is 2. The van der Waals surface area contributed by atoms with E-state index in [1.165, 1.54) is 19.8 Å². The molecule has 1 aliphatic carbocycles. The molecule has 1 fully saturated rings. The molecule has 4 heteroatoms. The number of urea groups is 1. The number of rotatable bonds is 3. The standard InChI is InChI=1S/C15H20N2O2/c1-10-7-8-12(11(2)18)9-14(10)17-15(19)16-13-5-3-4-6-13/h7-9,13H,3-6H2,1-2H3,(H2,16,17,19). The van der Waals surface area contributed by atoms with E-state index in [1.54, 1.807) is 12.1 Å². The first-order chi connectivity index (χ1) is 9.06. The molecule has 1 aliphatic rings. The van der Waals surface area contributed by atoms with Gasteiger partial charge in [0.25, 0.3) is 0 Å². The van der Waals surface area contributed by atoms with Crippen molar-refractivity contribution in [2.24, 2.45) is 0 Å². The Kier molecular flexibility index (Phi) is 4.20. The molecule has 1 aromatic carbocycles. The molecular formula is C15H20N2O2.